The lowest BCUT2D eigenvalue weighted by molar-refractivity contribution is -0.133. The van der Waals surface area contributed by atoms with Gasteiger partial charge in [-0.2, -0.15) is 5.26 Å². The zero-order valence-corrected chi connectivity index (χ0v) is 14.6. The summed E-state index contributed by atoms with van der Waals surface area (Å²) in [5.74, 6) is 0.710. The summed E-state index contributed by atoms with van der Waals surface area (Å²) in [6.45, 7) is 5.70. The van der Waals surface area contributed by atoms with E-state index in [9.17, 15) is 4.79 Å². The van der Waals surface area contributed by atoms with E-state index in [0.29, 0.717) is 39.4 Å². The van der Waals surface area contributed by atoms with Crippen molar-refractivity contribution >= 4 is 21.9 Å². The number of nitriles is 1. The van der Waals surface area contributed by atoms with Crippen molar-refractivity contribution in [3.05, 3.63) is 39.2 Å². The molecule has 0 bridgehead atoms. The molecule has 2 rings (SSSR count). The van der Waals surface area contributed by atoms with E-state index in [1.54, 1.807) is 19.9 Å². The minimum Gasteiger partial charge on any atom is -0.490 e. The molecule has 0 aliphatic carbocycles. The average molecular weight is 379 g/mol. The van der Waals surface area contributed by atoms with E-state index >= 15 is 0 Å². The van der Waals surface area contributed by atoms with Gasteiger partial charge in [0.05, 0.1) is 34.8 Å². The lowest BCUT2D eigenvalue weighted by Crippen LogP contribution is -2.13. The van der Waals surface area contributed by atoms with Crippen LogP contribution in [0.2, 0.25) is 0 Å². The molecule has 0 amide bonds. The van der Waals surface area contributed by atoms with Crippen LogP contribution >= 0.6 is 15.9 Å². The van der Waals surface area contributed by atoms with Crippen molar-refractivity contribution in [1.29, 1.82) is 5.26 Å². The molecule has 0 atom stereocenters. The number of rotatable bonds is 5. The first kappa shape index (κ1) is 17.0. The van der Waals surface area contributed by atoms with Crippen molar-refractivity contribution in [2.75, 3.05) is 6.61 Å². The highest BCUT2D eigenvalue weighted by Gasteiger charge is 2.19. The minimum atomic E-state index is -0.467. The molecule has 23 heavy (non-hydrogen) atoms. The summed E-state index contributed by atoms with van der Waals surface area (Å²) in [5, 5.41) is 12.8. The fourth-order valence-corrected chi connectivity index (χ4v) is 2.57. The highest BCUT2D eigenvalue weighted by atomic mass is 79.9. The van der Waals surface area contributed by atoms with Crippen LogP contribution in [0, 0.1) is 25.2 Å². The number of halogens is 1. The molecular formula is C16H15BrN2O4. The van der Waals surface area contributed by atoms with Gasteiger partial charge in [0.2, 0.25) is 0 Å². The van der Waals surface area contributed by atoms with Gasteiger partial charge in [0.25, 0.3) is 0 Å². The Labute approximate surface area is 142 Å². The predicted octanol–water partition coefficient (Wildman–Crippen LogP) is 3.47. The molecule has 0 aliphatic rings. The Bertz CT molecular complexity index is 758. The number of hydrogen-bond donors (Lipinski definition) is 0. The fraction of sp³-hybridized carbons (Fsp3) is 0.312. The predicted molar refractivity (Wildman–Crippen MR) is 85.3 cm³/mol. The number of aryl methyl sites for hydroxylation is 2. The highest BCUT2D eigenvalue weighted by molar-refractivity contribution is 9.10. The molecule has 0 fully saturated rings. The van der Waals surface area contributed by atoms with Crippen LogP contribution in [-0.4, -0.2) is 17.7 Å². The van der Waals surface area contributed by atoms with Gasteiger partial charge in [-0.3, -0.25) is 4.79 Å². The molecule has 1 aromatic carbocycles. The molecule has 0 saturated heterocycles. The lowest BCUT2D eigenvalue weighted by Gasteiger charge is -2.12. The third-order valence-corrected chi connectivity index (χ3v) is 3.75. The number of benzene rings is 1. The lowest BCUT2D eigenvalue weighted by atomic mass is 10.1. The fourth-order valence-electron chi connectivity index (χ4n) is 2.04. The molecule has 6 nitrogen and oxygen atoms in total. The van der Waals surface area contributed by atoms with E-state index in [1.807, 2.05) is 13.0 Å². The number of carbonyl (C=O) groups excluding carboxylic acids is 1. The molecule has 0 saturated carbocycles. The van der Waals surface area contributed by atoms with Gasteiger partial charge in [-0.15, -0.1) is 0 Å². The number of ether oxygens (including phenoxy) is 2. The van der Waals surface area contributed by atoms with Crippen LogP contribution in [0.15, 0.2) is 21.1 Å². The molecule has 2 aromatic rings. The van der Waals surface area contributed by atoms with Crippen molar-refractivity contribution < 1.29 is 18.8 Å². The zero-order chi connectivity index (χ0) is 17.0. The molecule has 120 valence electrons. The van der Waals surface area contributed by atoms with Crippen molar-refractivity contribution in [2.24, 2.45) is 0 Å². The zero-order valence-electron chi connectivity index (χ0n) is 13.0. The van der Waals surface area contributed by atoms with Crippen LogP contribution in [0.4, 0.5) is 0 Å². The van der Waals surface area contributed by atoms with Gasteiger partial charge in [0, 0.05) is 11.6 Å². The Morgan fingerprint density at radius 2 is 2.17 bits per heavy atom. The van der Waals surface area contributed by atoms with Gasteiger partial charge in [-0.25, -0.2) is 0 Å². The van der Waals surface area contributed by atoms with E-state index in [2.05, 4.69) is 21.1 Å². The Balaban J connectivity index is 2.25. The Morgan fingerprint density at radius 1 is 1.43 bits per heavy atom. The standard InChI is InChI=1S/C16H15BrN2O4/c1-4-21-14-6-11(8-18)5-13(17)16(14)22-15(20)7-12-9(2)19-23-10(12)3/h5-6H,4,7H2,1-3H3. The van der Waals surface area contributed by atoms with Crippen molar-refractivity contribution in [3.8, 4) is 17.6 Å². The summed E-state index contributed by atoms with van der Waals surface area (Å²) in [4.78, 5) is 12.2. The molecule has 0 spiro atoms. The van der Waals surface area contributed by atoms with E-state index in [0.717, 1.165) is 0 Å². The normalized spacial score (nSPS) is 10.2. The van der Waals surface area contributed by atoms with Gasteiger partial charge in [0.15, 0.2) is 11.5 Å². The second-order valence-corrected chi connectivity index (χ2v) is 5.64. The van der Waals surface area contributed by atoms with Crippen LogP contribution in [0.1, 0.15) is 29.5 Å². The smallest absolute Gasteiger partial charge is 0.316 e. The van der Waals surface area contributed by atoms with Crippen molar-refractivity contribution in [1.82, 2.24) is 5.16 Å². The third kappa shape index (κ3) is 3.90. The Hall–Kier alpha value is -2.33. The summed E-state index contributed by atoms with van der Waals surface area (Å²) in [6, 6.07) is 5.13. The van der Waals surface area contributed by atoms with E-state index in [-0.39, 0.29) is 12.2 Å². The quantitative estimate of drug-likeness (QED) is 0.584. The summed E-state index contributed by atoms with van der Waals surface area (Å²) < 4.78 is 16.4. The molecule has 1 heterocycles. The number of esters is 1. The van der Waals surface area contributed by atoms with Gasteiger partial charge in [-0.1, -0.05) is 5.16 Å². The molecule has 0 N–H and O–H groups in total. The number of hydrogen-bond acceptors (Lipinski definition) is 6. The van der Waals surface area contributed by atoms with Crippen LogP contribution in [0.3, 0.4) is 0 Å². The van der Waals surface area contributed by atoms with E-state index < -0.39 is 5.97 Å². The van der Waals surface area contributed by atoms with Gasteiger partial charge < -0.3 is 14.0 Å². The maximum Gasteiger partial charge on any atom is 0.316 e. The third-order valence-electron chi connectivity index (χ3n) is 3.16. The van der Waals surface area contributed by atoms with Crippen LogP contribution < -0.4 is 9.47 Å². The summed E-state index contributed by atoms with van der Waals surface area (Å²) >= 11 is 3.30. The number of nitrogens with zero attached hydrogens (tertiary/aromatic N) is 2. The van der Waals surface area contributed by atoms with E-state index in [1.165, 1.54) is 6.07 Å². The molecule has 0 aliphatic heterocycles. The summed E-state index contributed by atoms with van der Waals surface area (Å²) in [7, 11) is 0. The summed E-state index contributed by atoms with van der Waals surface area (Å²) in [5.41, 5.74) is 1.77. The second-order valence-electron chi connectivity index (χ2n) is 4.78. The van der Waals surface area contributed by atoms with Crippen LogP contribution in [0.5, 0.6) is 11.5 Å². The van der Waals surface area contributed by atoms with Gasteiger partial charge >= 0.3 is 5.97 Å². The SMILES string of the molecule is CCOc1cc(C#N)cc(Br)c1OC(=O)Cc1c(C)noc1C. The second kappa shape index (κ2) is 7.29. The van der Waals surface area contributed by atoms with Gasteiger partial charge in [0.1, 0.15) is 5.76 Å². The van der Waals surface area contributed by atoms with Gasteiger partial charge in [-0.05, 0) is 42.8 Å². The monoisotopic (exact) mass is 378 g/mol. The molecule has 1 aromatic heterocycles. The first-order valence-electron chi connectivity index (χ1n) is 6.95. The topological polar surface area (TPSA) is 85.4 Å². The van der Waals surface area contributed by atoms with Crippen molar-refractivity contribution in [3.63, 3.8) is 0 Å². The van der Waals surface area contributed by atoms with E-state index in [4.69, 9.17) is 19.3 Å². The molecular weight excluding hydrogens is 364 g/mol. The number of aromatic nitrogens is 1. The minimum absolute atomic E-state index is 0.0408. The first-order chi connectivity index (χ1) is 11.0. The molecule has 0 unspecified atom stereocenters. The Morgan fingerprint density at radius 3 is 2.74 bits per heavy atom. The molecule has 0 radical (unpaired) electrons. The Kier molecular flexibility index (Phi) is 5.40. The maximum absolute atomic E-state index is 12.2. The molecule has 7 heteroatoms. The summed E-state index contributed by atoms with van der Waals surface area (Å²) in [6.07, 6.45) is 0.0408. The number of carbonyl (C=O) groups is 1. The largest absolute Gasteiger partial charge is 0.490 e. The average Bonchev–Trinajstić information content (AvgIpc) is 2.82. The highest BCUT2D eigenvalue weighted by Crippen LogP contribution is 2.37. The van der Waals surface area contributed by atoms with Crippen LogP contribution in [0.25, 0.3) is 0 Å². The van der Waals surface area contributed by atoms with Crippen molar-refractivity contribution in [2.45, 2.75) is 27.2 Å². The maximum atomic E-state index is 12.2. The first-order valence-corrected chi connectivity index (χ1v) is 7.74. The van der Waals surface area contributed by atoms with Crippen LogP contribution in [-0.2, 0) is 11.2 Å².